The Balaban J connectivity index is 1.86. The van der Waals surface area contributed by atoms with Gasteiger partial charge in [-0.05, 0) is 25.0 Å². The molecule has 2 N–H and O–H groups in total. The minimum absolute atomic E-state index is 0.207. The topological polar surface area (TPSA) is 73.9 Å². The smallest absolute Gasteiger partial charge is 0.306 e. The van der Waals surface area contributed by atoms with Crippen LogP contribution in [-0.2, 0) is 11.3 Å². The predicted octanol–water partition coefficient (Wildman–Crippen LogP) is 1.08. The highest BCUT2D eigenvalue weighted by atomic mass is 16.4. The van der Waals surface area contributed by atoms with E-state index in [1.165, 1.54) is 0 Å². The van der Waals surface area contributed by atoms with E-state index in [1.807, 2.05) is 12.1 Å². The molecule has 1 fully saturated rings. The van der Waals surface area contributed by atoms with Gasteiger partial charge in [0.15, 0.2) is 0 Å². The van der Waals surface area contributed by atoms with E-state index >= 15 is 0 Å². The average Bonchev–Trinajstić information content (AvgIpc) is 2.96. The van der Waals surface area contributed by atoms with Gasteiger partial charge in [-0.25, -0.2) is 0 Å². The zero-order valence-electron chi connectivity index (χ0n) is 9.58. The first-order chi connectivity index (χ1) is 8.15. The molecule has 0 spiro atoms. The summed E-state index contributed by atoms with van der Waals surface area (Å²) >= 11 is 0. The lowest BCUT2D eigenvalue weighted by Gasteiger charge is -2.23. The Morgan fingerprint density at radius 1 is 1.59 bits per heavy atom. The standard InChI is InChI=1S/C12H17NO4/c14-10(6-12(15)16)7-13(9-3-4-9)8-11-2-1-5-17-11/h1-2,5,9-10,14H,3-4,6-8H2,(H,15,16). The number of nitrogens with zero attached hydrogens (tertiary/aromatic N) is 1. The number of furan rings is 1. The second-order valence-electron chi connectivity index (χ2n) is 4.49. The van der Waals surface area contributed by atoms with Crippen molar-refractivity contribution in [2.45, 2.75) is 38.0 Å². The maximum Gasteiger partial charge on any atom is 0.306 e. The summed E-state index contributed by atoms with van der Waals surface area (Å²) in [5.41, 5.74) is 0. The molecule has 0 saturated heterocycles. The summed E-state index contributed by atoms with van der Waals surface area (Å²) in [7, 11) is 0. The molecule has 0 radical (unpaired) electrons. The average molecular weight is 239 g/mol. The van der Waals surface area contributed by atoms with E-state index in [0.29, 0.717) is 19.1 Å². The van der Waals surface area contributed by atoms with Crippen molar-refractivity contribution >= 4 is 5.97 Å². The Morgan fingerprint density at radius 3 is 2.88 bits per heavy atom. The third-order valence-electron chi connectivity index (χ3n) is 2.86. The van der Waals surface area contributed by atoms with E-state index < -0.39 is 12.1 Å². The van der Waals surface area contributed by atoms with Crippen molar-refractivity contribution < 1.29 is 19.4 Å². The van der Waals surface area contributed by atoms with Crippen LogP contribution in [0.2, 0.25) is 0 Å². The highest BCUT2D eigenvalue weighted by Gasteiger charge is 2.31. The van der Waals surface area contributed by atoms with Gasteiger partial charge in [0.25, 0.3) is 0 Å². The van der Waals surface area contributed by atoms with Gasteiger partial charge in [0, 0.05) is 12.6 Å². The van der Waals surface area contributed by atoms with Crippen molar-refractivity contribution in [3.8, 4) is 0 Å². The number of carbonyl (C=O) groups is 1. The zero-order chi connectivity index (χ0) is 12.3. The van der Waals surface area contributed by atoms with Gasteiger partial charge >= 0.3 is 5.97 Å². The number of hydrogen-bond donors (Lipinski definition) is 2. The summed E-state index contributed by atoms with van der Waals surface area (Å²) in [6, 6.07) is 4.18. The van der Waals surface area contributed by atoms with Crippen LogP contribution in [-0.4, -0.2) is 39.8 Å². The first-order valence-corrected chi connectivity index (χ1v) is 5.81. The number of aliphatic hydroxyl groups is 1. The van der Waals surface area contributed by atoms with Crippen molar-refractivity contribution in [3.63, 3.8) is 0 Å². The molecule has 5 nitrogen and oxygen atoms in total. The van der Waals surface area contributed by atoms with Gasteiger partial charge in [-0.1, -0.05) is 0 Å². The third-order valence-corrected chi connectivity index (χ3v) is 2.86. The van der Waals surface area contributed by atoms with Gasteiger partial charge in [0.05, 0.1) is 25.3 Å². The number of rotatable bonds is 7. The molecule has 1 saturated carbocycles. The number of aliphatic hydroxyl groups excluding tert-OH is 1. The largest absolute Gasteiger partial charge is 0.481 e. The lowest BCUT2D eigenvalue weighted by Crippen LogP contribution is -2.34. The molecule has 17 heavy (non-hydrogen) atoms. The van der Waals surface area contributed by atoms with Crippen LogP contribution >= 0.6 is 0 Å². The lowest BCUT2D eigenvalue weighted by atomic mass is 10.2. The van der Waals surface area contributed by atoms with Crippen molar-refractivity contribution in [1.82, 2.24) is 4.90 Å². The number of carboxylic acid groups (broad SMARTS) is 1. The number of carboxylic acids is 1. The second-order valence-corrected chi connectivity index (χ2v) is 4.49. The van der Waals surface area contributed by atoms with Crippen LogP contribution in [0, 0.1) is 0 Å². The van der Waals surface area contributed by atoms with Crippen molar-refractivity contribution in [2.75, 3.05) is 6.54 Å². The quantitative estimate of drug-likeness (QED) is 0.744. The zero-order valence-corrected chi connectivity index (χ0v) is 9.58. The monoisotopic (exact) mass is 239 g/mol. The van der Waals surface area contributed by atoms with Gasteiger partial charge in [0.1, 0.15) is 5.76 Å². The van der Waals surface area contributed by atoms with Crippen LogP contribution < -0.4 is 0 Å². The van der Waals surface area contributed by atoms with Crippen LogP contribution in [0.3, 0.4) is 0 Å². The van der Waals surface area contributed by atoms with Crippen LogP contribution in [0.4, 0.5) is 0 Å². The van der Waals surface area contributed by atoms with Crippen molar-refractivity contribution in [2.24, 2.45) is 0 Å². The molecule has 1 aromatic heterocycles. The molecule has 0 bridgehead atoms. The number of aliphatic carboxylic acids is 1. The van der Waals surface area contributed by atoms with Gasteiger partial charge in [-0.3, -0.25) is 9.69 Å². The molecule has 1 aliphatic carbocycles. The van der Waals surface area contributed by atoms with E-state index in [1.54, 1.807) is 6.26 Å². The fraction of sp³-hybridized carbons (Fsp3) is 0.583. The minimum atomic E-state index is -0.966. The minimum Gasteiger partial charge on any atom is -0.481 e. The number of hydrogen-bond acceptors (Lipinski definition) is 4. The lowest BCUT2D eigenvalue weighted by molar-refractivity contribution is -0.139. The SMILES string of the molecule is O=C(O)CC(O)CN(Cc1ccco1)C1CC1. The maximum atomic E-state index is 10.5. The highest BCUT2D eigenvalue weighted by molar-refractivity contribution is 5.67. The van der Waals surface area contributed by atoms with Gasteiger partial charge in [-0.15, -0.1) is 0 Å². The Bertz CT molecular complexity index is 359. The van der Waals surface area contributed by atoms with Gasteiger partial charge in [0.2, 0.25) is 0 Å². The molecule has 0 amide bonds. The molecule has 5 heteroatoms. The van der Waals surface area contributed by atoms with Crippen LogP contribution in [0.1, 0.15) is 25.0 Å². The highest BCUT2D eigenvalue weighted by Crippen LogP contribution is 2.28. The molecule has 94 valence electrons. The molecular weight excluding hydrogens is 222 g/mol. The fourth-order valence-corrected chi connectivity index (χ4v) is 1.92. The molecule has 0 aromatic carbocycles. The Kier molecular flexibility index (Phi) is 3.81. The fourth-order valence-electron chi connectivity index (χ4n) is 1.92. The van der Waals surface area contributed by atoms with E-state index in [0.717, 1.165) is 18.6 Å². The van der Waals surface area contributed by atoms with E-state index in [4.69, 9.17) is 9.52 Å². The first-order valence-electron chi connectivity index (χ1n) is 5.81. The van der Waals surface area contributed by atoms with Crippen LogP contribution in [0.5, 0.6) is 0 Å². The normalized spacial score (nSPS) is 17.3. The summed E-state index contributed by atoms with van der Waals surface area (Å²) in [4.78, 5) is 12.6. The molecular formula is C12H17NO4. The summed E-state index contributed by atoms with van der Waals surface area (Å²) < 4.78 is 5.26. The van der Waals surface area contributed by atoms with Gasteiger partial charge < -0.3 is 14.6 Å². The maximum absolute atomic E-state index is 10.5. The van der Waals surface area contributed by atoms with E-state index in [9.17, 15) is 9.90 Å². The van der Waals surface area contributed by atoms with Crippen LogP contribution in [0.25, 0.3) is 0 Å². The molecule has 1 heterocycles. The second kappa shape index (κ2) is 5.33. The molecule has 2 rings (SSSR count). The first kappa shape index (κ1) is 12.1. The summed E-state index contributed by atoms with van der Waals surface area (Å²) in [5.74, 6) is -0.120. The van der Waals surface area contributed by atoms with Crippen molar-refractivity contribution in [3.05, 3.63) is 24.2 Å². The van der Waals surface area contributed by atoms with Gasteiger partial charge in [-0.2, -0.15) is 0 Å². The Hall–Kier alpha value is -1.33. The molecule has 1 aromatic rings. The summed E-state index contributed by atoms with van der Waals surface area (Å²) in [6.45, 7) is 1.02. The summed E-state index contributed by atoms with van der Waals surface area (Å²) in [6.07, 6.45) is 2.82. The summed E-state index contributed by atoms with van der Waals surface area (Å²) in [5, 5.41) is 18.3. The van der Waals surface area contributed by atoms with Crippen molar-refractivity contribution in [1.29, 1.82) is 0 Å². The molecule has 1 atom stereocenters. The van der Waals surface area contributed by atoms with Crippen LogP contribution in [0.15, 0.2) is 22.8 Å². The molecule has 0 aliphatic heterocycles. The Morgan fingerprint density at radius 2 is 2.35 bits per heavy atom. The molecule has 1 unspecified atom stereocenters. The Labute approximate surface area is 99.6 Å². The van der Waals surface area contributed by atoms with E-state index in [2.05, 4.69) is 4.90 Å². The van der Waals surface area contributed by atoms with E-state index in [-0.39, 0.29) is 6.42 Å². The predicted molar refractivity (Wildman–Crippen MR) is 60.4 cm³/mol. The third kappa shape index (κ3) is 3.87. The molecule has 1 aliphatic rings.